The highest BCUT2D eigenvalue weighted by molar-refractivity contribution is 5.99. The van der Waals surface area contributed by atoms with Crippen LogP contribution in [0.5, 0.6) is 0 Å². The van der Waals surface area contributed by atoms with Crippen LogP contribution in [0.25, 0.3) is 10.9 Å². The molecule has 0 fully saturated rings. The molecule has 0 saturated heterocycles. The van der Waals surface area contributed by atoms with Crippen molar-refractivity contribution in [2.24, 2.45) is 0 Å². The molecule has 21 heavy (non-hydrogen) atoms. The Morgan fingerprint density at radius 2 is 2.19 bits per heavy atom. The van der Waals surface area contributed by atoms with E-state index < -0.39 is 0 Å². The molecule has 0 saturated carbocycles. The first-order valence-corrected chi connectivity index (χ1v) is 6.73. The Kier molecular flexibility index (Phi) is 4.90. The van der Waals surface area contributed by atoms with E-state index in [-0.39, 0.29) is 5.91 Å². The van der Waals surface area contributed by atoms with E-state index in [1.165, 1.54) is 0 Å². The van der Waals surface area contributed by atoms with E-state index >= 15 is 0 Å². The van der Waals surface area contributed by atoms with E-state index in [1.54, 1.807) is 6.07 Å². The van der Waals surface area contributed by atoms with Gasteiger partial charge in [0.1, 0.15) is 5.69 Å². The number of hydrogen-bond acceptors (Lipinski definition) is 4. The lowest BCUT2D eigenvalue weighted by atomic mass is 10.1. The highest BCUT2D eigenvalue weighted by Crippen LogP contribution is 2.19. The largest absolute Gasteiger partial charge is 0.398 e. The summed E-state index contributed by atoms with van der Waals surface area (Å²) in [5.74, 6) is -0.258. The molecule has 110 valence electrons. The number of carbonyl (C=O) groups excluding carboxylic acids is 1. The van der Waals surface area contributed by atoms with Gasteiger partial charge in [0, 0.05) is 17.6 Å². The smallest absolute Gasteiger partial charge is 0.270 e. The molecule has 5 nitrogen and oxygen atoms in total. The van der Waals surface area contributed by atoms with Crippen LogP contribution in [0.4, 0.5) is 5.69 Å². The summed E-state index contributed by atoms with van der Waals surface area (Å²) in [4.78, 5) is 16.4. The molecule has 1 amide bonds. The van der Waals surface area contributed by atoms with Crippen molar-refractivity contribution in [3.63, 3.8) is 0 Å². The van der Waals surface area contributed by atoms with Crippen LogP contribution >= 0.6 is 0 Å². The van der Waals surface area contributed by atoms with Crippen molar-refractivity contribution >= 4 is 22.5 Å². The molecule has 1 heterocycles. The van der Waals surface area contributed by atoms with Crippen molar-refractivity contribution in [1.82, 2.24) is 10.3 Å². The fourth-order valence-electron chi connectivity index (χ4n) is 1.89. The molecule has 0 radical (unpaired) electrons. The Labute approximate surface area is 123 Å². The molecule has 3 N–H and O–H groups in total. The molecule has 0 unspecified atom stereocenters. The summed E-state index contributed by atoms with van der Waals surface area (Å²) in [5.41, 5.74) is 8.47. The molecule has 0 aliphatic carbocycles. The standard InChI is InChI=1S/C16H19N3O2/c1-11(2)10-21-8-7-18-16(20)15-9-13(17)12-5-3-4-6-14(12)19-15/h3-6,9H,1,7-8,10H2,2H3,(H2,17,19)(H,18,20). The van der Waals surface area contributed by atoms with Gasteiger partial charge in [-0.1, -0.05) is 30.4 Å². The Bertz CT molecular complexity index is 668. The Morgan fingerprint density at radius 1 is 1.43 bits per heavy atom. The third kappa shape index (κ3) is 4.03. The minimum atomic E-state index is -0.258. The van der Waals surface area contributed by atoms with E-state index in [1.807, 2.05) is 31.2 Å². The fraction of sp³-hybridized carbons (Fsp3) is 0.250. The van der Waals surface area contributed by atoms with E-state index in [2.05, 4.69) is 16.9 Å². The van der Waals surface area contributed by atoms with Crippen LogP contribution < -0.4 is 11.1 Å². The van der Waals surface area contributed by atoms with Gasteiger partial charge >= 0.3 is 0 Å². The lowest BCUT2D eigenvalue weighted by Crippen LogP contribution is -2.28. The van der Waals surface area contributed by atoms with Crippen molar-refractivity contribution in [3.8, 4) is 0 Å². The summed E-state index contributed by atoms with van der Waals surface area (Å²) in [5, 5.41) is 3.60. The van der Waals surface area contributed by atoms with Gasteiger partial charge in [-0.3, -0.25) is 4.79 Å². The van der Waals surface area contributed by atoms with Crippen LogP contribution in [0.2, 0.25) is 0 Å². The lowest BCUT2D eigenvalue weighted by molar-refractivity contribution is 0.0922. The van der Waals surface area contributed by atoms with Crippen LogP contribution in [0.1, 0.15) is 17.4 Å². The van der Waals surface area contributed by atoms with Crippen LogP contribution in [-0.2, 0) is 4.74 Å². The zero-order chi connectivity index (χ0) is 15.2. The molecule has 0 aliphatic heterocycles. The van der Waals surface area contributed by atoms with E-state index in [9.17, 15) is 4.79 Å². The number of nitrogens with one attached hydrogen (secondary N) is 1. The van der Waals surface area contributed by atoms with Gasteiger partial charge in [0.05, 0.1) is 18.7 Å². The summed E-state index contributed by atoms with van der Waals surface area (Å²) < 4.78 is 5.32. The number of amides is 1. The number of pyridine rings is 1. The second-order valence-corrected chi connectivity index (χ2v) is 4.88. The highest BCUT2D eigenvalue weighted by Gasteiger charge is 2.10. The quantitative estimate of drug-likeness (QED) is 0.629. The number of nitrogens with two attached hydrogens (primary N) is 1. The van der Waals surface area contributed by atoms with Gasteiger partial charge in [-0.15, -0.1) is 0 Å². The van der Waals surface area contributed by atoms with Crippen molar-refractivity contribution < 1.29 is 9.53 Å². The van der Waals surface area contributed by atoms with Crippen LogP contribution in [0.15, 0.2) is 42.5 Å². The molecule has 2 aromatic rings. The summed E-state index contributed by atoms with van der Waals surface area (Å²) in [7, 11) is 0. The SMILES string of the molecule is C=C(C)COCCNC(=O)c1cc(N)c2ccccc2n1. The molecular formula is C16H19N3O2. The number of hydrogen-bond donors (Lipinski definition) is 2. The lowest BCUT2D eigenvalue weighted by Gasteiger charge is -2.08. The number of nitrogens with zero attached hydrogens (tertiary/aromatic N) is 1. The molecule has 0 aliphatic rings. The molecular weight excluding hydrogens is 266 g/mol. The molecule has 2 rings (SSSR count). The number of para-hydroxylation sites is 1. The number of nitrogen functional groups attached to an aromatic ring is 1. The highest BCUT2D eigenvalue weighted by atomic mass is 16.5. The summed E-state index contributed by atoms with van der Waals surface area (Å²) in [6.07, 6.45) is 0. The number of ether oxygens (including phenoxy) is 1. The molecule has 1 aromatic heterocycles. The summed E-state index contributed by atoms with van der Waals surface area (Å²) in [6.45, 7) is 6.97. The van der Waals surface area contributed by atoms with Crippen LogP contribution in [-0.4, -0.2) is 30.6 Å². The minimum absolute atomic E-state index is 0.258. The number of anilines is 1. The van der Waals surface area contributed by atoms with Crippen LogP contribution in [0.3, 0.4) is 0 Å². The molecule has 1 aromatic carbocycles. The van der Waals surface area contributed by atoms with Gasteiger partial charge in [-0.05, 0) is 19.1 Å². The van der Waals surface area contributed by atoms with Gasteiger partial charge in [0.15, 0.2) is 0 Å². The third-order valence-electron chi connectivity index (χ3n) is 2.86. The second-order valence-electron chi connectivity index (χ2n) is 4.88. The van der Waals surface area contributed by atoms with Crippen LogP contribution in [0, 0.1) is 0 Å². The predicted octanol–water partition coefficient (Wildman–Crippen LogP) is 2.14. The van der Waals surface area contributed by atoms with Gasteiger partial charge in [-0.25, -0.2) is 4.98 Å². The Hall–Kier alpha value is -2.40. The zero-order valence-corrected chi connectivity index (χ0v) is 12.1. The Morgan fingerprint density at radius 3 is 2.95 bits per heavy atom. The first-order valence-electron chi connectivity index (χ1n) is 6.73. The van der Waals surface area contributed by atoms with Crippen molar-refractivity contribution in [3.05, 3.63) is 48.2 Å². The second kappa shape index (κ2) is 6.85. The molecule has 0 bridgehead atoms. The monoisotopic (exact) mass is 285 g/mol. The number of fused-ring (bicyclic) bond motifs is 1. The molecule has 0 spiro atoms. The topological polar surface area (TPSA) is 77.2 Å². The fourth-order valence-corrected chi connectivity index (χ4v) is 1.89. The zero-order valence-electron chi connectivity index (χ0n) is 12.1. The number of rotatable bonds is 6. The maximum atomic E-state index is 12.0. The van der Waals surface area contributed by atoms with Crippen molar-refractivity contribution in [2.45, 2.75) is 6.92 Å². The number of benzene rings is 1. The summed E-state index contributed by atoms with van der Waals surface area (Å²) >= 11 is 0. The third-order valence-corrected chi connectivity index (χ3v) is 2.86. The first-order chi connectivity index (χ1) is 10.1. The maximum Gasteiger partial charge on any atom is 0.270 e. The number of aromatic nitrogens is 1. The van der Waals surface area contributed by atoms with E-state index in [0.717, 1.165) is 11.0 Å². The molecule has 5 heteroatoms. The Balaban J connectivity index is 1.98. The van der Waals surface area contributed by atoms with Crippen molar-refractivity contribution in [2.75, 3.05) is 25.5 Å². The van der Waals surface area contributed by atoms with E-state index in [0.29, 0.717) is 36.7 Å². The number of carbonyl (C=O) groups is 1. The van der Waals surface area contributed by atoms with Crippen molar-refractivity contribution in [1.29, 1.82) is 0 Å². The molecule has 0 atom stereocenters. The van der Waals surface area contributed by atoms with Gasteiger partial charge in [0.2, 0.25) is 0 Å². The van der Waals surface area contributed by atoms with Gasteiger partial charge in [0.25, 0.3) is 5.91 Å². The normalized spacial score (nSPS) is 10.5. The van der Waals surface area contributed by atoms with Gasteiger partial charge in [-0.2, -0.15) is 0 Å². The van der Waals surface area contributed by atoms with Gasteiger partial charge < -0.3 is 15.8 Å². The average molecular weight is 285 g/mol. The van der Waals surface area contributed by atoms with E-state index in [4.69, 9.17) is 10.5 Å². The maximum absolute atomic E-state index is 12.0. The predicted molar refractivity (Wildman–Crippen MR) is 84.1 cm³/mol. The average Bonchev–Trinajstić information content (AvgIpc) is 2.46. The summed E-state index contributed by atoms with van der Waals surface area (Å²) in [6, 6.07) is 9.05. The first kappa shape index (κ1) is 15.0. The minimum Gasteiger partial charge on any atom is -0.398 e.